The van der Waals surface area contributed by atoms with Gasteiger partial charge in [0.15, 0.2) is 0 Å². The normalized spacial score (nSPS) is 21.6. The van der Waals surface area contributed by atoms with E-state index in [1.54, 1.807) is 0 Å². The van der Waals surface area contributed by atoms with E-state index in [4.69, 9.17) is 9.15 Å². The first-order valence-corrected chi connectivity index (χ1v) is 10.9. The first kappa shape index (κ1) is 20.0. The average Bonchev–Trinajstić information content (AvgIpc) is 3.19. The molecule has 2 atom stereocenters. The number of oxazole rings is 1. The summed E-state index contributed by atoms with van der Waals surface area (Å²) in [4.78, 5) is 22.1. The lowest BCUT2D eigenvalue weighted by Gasteiger charge is -2.48. The lowest BCUT2D eigenvalue weighted by atomic mass is 10.00. The third-order valence-corrected chi connectivity index (χ3v) is 6.28. The molecular formula is C25H27N3O3. The van der Waals surface area contributed by atoms with Crippen LogP contribution in [0.2, 0.25) is 0 Å². The molecule has 2 aliphatic rings. The summed E-state index contributed by atoms with van der Waals surface area (Å²) >= 11 is 0. The van der Waals surface area contributed by atoms with Crippen molar-refractivity contribution in [3.63, 3.8) is 0 Å². The maximum Gasteiger partial charge on any atom is 0.228 e. The van der Waals surface area contributed by atoms with Crippen molar-refractivity contribution < 1.29 is 13.9 Å². The summed E-state index contributed by atoms with van der Waals surface area (Å²) in [7, 11) is 0. The molecule has 0 bridgehead atoms. The Hall–Kier alpha value is -2.96. The molecule has 2 aliphatic heterocycles. The second-order valence-electron chi connectivity index (χ2n) is 8.26. The number of morpholine rings is 1. The fourth-order valence-corrected chi connectivity index (χ4v) is 4.58. The van der Waals surface area contributed by atoms with Gasteiger partial charge in [0.1, 0.15) is 5.76 Å². The Morgan fingerprint density at radius 2 is 1.77 bits per heavy atom. The number of fused-ring (bicyclic) bond motifs is 1. The van der Waals surface area contributed by atoms with Crippen molar-refractivity contribution in [2.24, 2.45) is 0 Å². The number of ether oxygens (including phenoxy) is 1. The second kappa shape index (κ2) is 8.65. The maximum absolute atomic E-state index is 13.1. The molecule has 2 saturated heterocycles. The standard InChI is InChI=1S/C25H27N3O3/c1-18-22(26-25(31-18)20-10-6-3-7-11-20)14-24(29)27-12-13-28-21(15-27)16-30-17-23(28)19-8-4-2-5-9-19/h2-11,21,23H,12-17H2,1H3/t21-,23-/m1/s1. The van der Waals surface area contributed by atoms with Gasteiger partial charge in [-0.1, -0.05) is 48.5 Å². The number of carbonyl (C=O) groups excluding carboxylic acids is 1. The number of benzene rings is 2. The number of aromatic nitrogens is 1. The molecule has 0 spiro atoms. The van der Waals surface area contributed by atoms with Crippen LogP contribution in [-0.2, 0) is 16.0 Å². The number of amides is 1. The molecule has 6 heteroatoms. The zero-order valence-electron chi connectivity index (χ0n) is 17.7. The Morgan fingerprint density at radius 3 is 2.55 bits per heavy atom. The van der Waals surface area contributed by atoms with Gasteiger partial charge in [-0.05, 0) is 24.6 Å². The van der Waals surface area contributed by atoms with Crippen LogP contribution in [-0.4, -0.2) is 59.6 Å². The van der Waals surface area contributed by atoms with Crippen molar-refractivity contribution in [3.05, 3.63) is 77.7 Å². The predicted molar refractivity (Wildman–Crippen MR) is 117 cm³/mol. The van der Waals surface area contributed by atoms with E-state index in [-0.39, 0.29) is 24.4 Å². The van der Waals surface area contributed by atoms with Crippen molar-refractivity contribution in [2.45, 2.75) is 25.4 Å². The van der Waals surface area contributed by atoms with E-state index in [1.165, 1.54) is 5.56 Å². The van der Waals surface area contributed by atoms with Gasteiger partial charge < -0.3 is 14.1 Å². The van der Waals surface area contributed by atoms with Crippen LogP contribution in [0.15, 0.2) is 65.1 Å². The number of nitrogens with zero attached hydrogens (tertiary/aromatic N) is 3. The topological polar surface area (TPSA) is 58.8 Å². The van der Waals surface area contributed by atoms with Crippen LogP contribution >= 0.6 is 0 Å². The van der Waals surface area contributed by atoms with Crippen molar-refractivity contribution in [2.75, 3.05) is 32.8 Å². The molecule has 0 aliphatic carbocycles. The molecule has 160 valence electrons. The van der Waals surface area contributed by atoms with E-state index in [0.717, 1.165) is 18.7 Å². The minimum Gasteiger partial charge on any atom is -0.441 e. The van der Waals surface area contributed by atoms with Gasteiger partial charge in [0.05, 0.1) is 37.4 Å². The summed E-state index contributed by atoms with van der Waals surface area (Å²) in [6, 6.07) is 20.8. The lowest BCUT2D eigenvalue weighted by Crippen LogP contribution is -2.60. The Morgan fingerprint density at radius 1 is 1.03 bits per heavy atom. The second-order valence-corrected chi connectivity index (χ2v) is 8.26. The highest BCUT2D eigenvalue weighted by molar-refractivity contribution is 5.79. The highest BCUT2D eigenvalue weighted by atomic mass is 16.5. The molecular weight excluding hydrogens is 390 g/mol. The summed E-state index contributed by atoms with van der Waals surface area (Å²) in [6.45, 7) is 5.50. The highest BCUT2D eigenvalue weighted by Gasteiger charge is 2.37. The Kier molecular flexibility index (Phi) is 5.57. The van der Waals surface area contributed by atoms with Crippen LogP contribution in [0, 0.1) is 6.92 Å². The molecule has 3 heterocycles. The molecule has 5 rings (SSSR count). The molecule has 0 radical (unpaired) electrons. The number of carbonyl (C=O) groups is 1. The SMILES string of the molecule is Cc1oc(-c2ccccc2)nc1CC(=O)N1CCN2[C@@H](COC[C@@H]2c2ccccc2)C1. The molecule has 1 amide bonds. The smallest absolute Gasteiger partial charge is 0.228 e. The van der Waals surface area contributed by atoms with Gasteiger partial charge in [0, 0.05) is 25.2 Å². The van der Waals surface area contributed by atoms with Gasteiger partial charge >= 0.3 is 0 Å². The molecule has 2 fully saturated rings. The summed E-state index contributed by atoms with van der Waals surface area (Å²) in [5.74, 6) is 1.37. The maximum atomic E-state index is 13.1. The van der Waals surface area contributed by atoms with E-state index in [1.807, 2.05) is 48.2 Å². The number of hydrogen-bond acceptors (Lipinski definition) is 5. The molecule has 0 N–H and O–H groups in total. The summed E-state index contributed by atoms with van der Waals surface area (Å²) in [6.07, 6.45) is 0.262. The Bertz CT molecular complexity index is 1030. The van der Waals surface area contributed by atoms with Gasteiger partial charge in [-0.3, -0.25) is 9.69 Å². The van der Waals surface area contributed by atoms with Crippen LogP contribution in [0.25, 0.3) is 11.5 Å². The van der Waals surface area contributed by atoms with Crippen LogP contribution in [0.1, 0.15) is 23.1 Å². The predicted octanol–water partition coefficient (Wildman–Crippen LogP) is 3.48. The average molecular weight is 418 g/mol. The van der Waals surface area contributed by atoms with Gasteiger partial charge in [0.25, 0.3) is 0 Å². The summed E-state index contributed by atoms with van der Waals surface area (Å²) in [5.41, 5.74) is 2.91. The van der Waals surface area contributed by atoms with E-state index in [9.17, 15) is 4.79 Å². The van der Waals surface area contributed by atoms with E-state index >= 15 is 0 Å². The van der Waals surface area contributed by atoms with Gasteiger partial charge in [-0.15, -0.1) is 0 Å². The first-order valence-electron chi connectivity index (χ1n) is 10.9. The third-order valence-electron chi connectivity index (χ3n) is 6.28. The molecule has 1 aromatic heterocycles. The molecule has 2 aromatic carbocycles. The zero-order chi connectivity index (χ0) is 21.2. The molecule has 6 nitrogen and oxygen atoms in total. The Balaban J connectivity index is 1.25. The monoisotopic (exact) mass is 417 g/mol. The number of rotatable bonds is 4. The quantitative estimate of drug-likeness (QED) is 0.651. The third kappa shape index (κ3) is 4.13. The van der Waals surface area contributed by atoms with Crippen LogP contribution < -0.4 is 0 Å². The van der Waals surface area contributed by atoms with Crippen molar-refractivity contribution in [3.8, 4) is 11.5 Å². The van der Waals surface area contributed by atoms with E-state index in [2.05, 4.69) is 34.1 Å². The van der Waals surface area contributed by atoms with Crippen molar-refractivity contribution >= 4 is 5.91 Å². The van der Waals surface area contributed by atoms with Gasteiger partial charge in [-0.2, -0.15) is 0 Å². The molecule has 0 saturated carbocycles. The van der Waals surface area contributed by atoms with Crippen LogP contribution in [0.3, 0.4) is 0 Å². The van der Waals surface area contributed by atoms with E-state index in [0.29, 0.717) is 37.1 Å². The highest BCUT2D eigenvalue weighted by Crippen LogP contribution is 2.30. The largest absolute Gasteiger partial charge is 0.441 e. The Labute approximate surface area is 182 Å². The zero-order valence-corrected chi connectivity index (χ0v) is 17.7. The minimum atomic E-state index is 0.0949. The number of aryl methyl sites for hydroxylation is 1. The number of piperazine rings is 1. The first-order chi connectivity index (χ1) is 15.2. The molecule has 0 unspecified atom stereocenters. The number of hydrogen-bond donors (Lipinski definition) is 0. The van der Waals surface area contributed by atoms with E-state index < -0.39 is 0 Å². The van der Waals surface area contributed by atoms with Gasteiger partial charge in [0.2, 0.25) is 11.8 Å². The fraction of sp³-hybridized carbons (Fsp3) is 0.360. The molecule has 31 heavy (non-hydrogen) atoms. The van der Waals surface area contributed by atoms with Crippen LogP contribution in [0.5, 0.6) is 0 Å². The minimum absolute atomic E-state index is 0.0949. The lowest BCUT2D eigenvalue weighted by molar-refractivity contribution is -0.139. The molecule has 3 aromatic rings. The fourth-order valence-electron chi connectivity index (χ4n) is 4.58. The summed E-state index contributed by atoms with van der Waals surface area (Å²) in [5, 5.41) is 0. The van der Waals surface area contributed by atoms with Crippen LogP contribution in [0.4, 0.5) is 0 Å². The van der Waals surface area contributed by atoms with Crippen molar-refractivity contribution in [1.29, 1.82) is 0 Å². The van der Waals surface area contributed by atoms with Gasteiger partial charge in [-0.25, -0.2) is 4.98 Å². The summed E-state index contributed by atoms with van der Waals surface area (Å²) < 4.78 is 11.7. The van der Waals surface area contributed by atoms with Crippen molar-refractivity contribution in [1.82, 2.24) is 14.8 Å².